The Morgan fingerprint density at radius 3 is 2.67 bits per heavy atom. The number of anilines is 1. The van der Waals surface area contributed by atoms with E-state index in [9.17, 15) is 4.79 Å². The lowest BCUT2D eigenvalue weighted by molar-refractivity contribution is -0.122. The fraction of sp³-hybridized carbons (Fsp3) is 0.409. The van der Waals surface area contributed by atoms with Crippen molar-refractivity contribution in [1.82, 2.24) is 0 Å². The Balaban J connectivity index is 1.43. The third-order valence-electron chi connectivity index (χ3n) is 6.33. The van der Waals surface area contributed by atoms with Crippen molar-refractivity contribution < 1.29 is 19.0 Å². The van der Waals surface area contributed by atoms with Gasteiger partial charge < -0.3 is 19.1 Å². The molecule has 0 saturated heterocycles. The molecule has 0 radical (unpaired) electrons. The van der Waals surface area contributed by atoms with E-state index in [0.29, 0.717) is 18.1 Å². The molecule has 3 heterocycles. The summed E-state index contributed by atoms with van der Waals surface area (Å²) < 4.78 is 17.1. The van der Waals surface area contributed by atoms with E-state index >= 15 is 0 Å². The molecule has 0 bridgehead atoms. The van der Waals surface area contributed by atoms with E-state index in [1.54, 1.807) is 0 Å². The molecule has 5 heteroatoms. The van der Waals surface area contributed by atoms with Crippen molar-refractivity contribution in [2.75, 3.05) is 24.8 Å². The third kappa shape index (κ3) is 2.08. The largest absolute Gasteiger partial charge is 0.491 e. The predicted octanol–water partition coefficient (Wildman–Crippen LogP) is 3.63. The molecule has 3 aliphatic heterocycles. The Morgan fingerprint density at radius 2 is 1.81 bits per heavy atom. The van der Waals surface area contributed by atoms with Crippen molar-refractivity contribution in [3.63, 3.8) is 0 Å². The molecule has 1 saturated carbocycles. The number of benzene rings is 2. The van der Waals surface area contributed by atoms with Gasteiger partial charge in [0.15, 0.2) is 11.5 Å². The van der Waals surface area contributed by atoms with E-state index in [1.165, 1.54) is 19.3 Å². The number of carbonyl (C=O) groups excluding carboxylic acids is 1. The maximum atomic E-state index is 13.7. The lowest BCUT2D eigenvalue weighted by Crippen LogP contribution is -2.42. The number of nitrogens with zero attached hydrogens (tertiary/aromatic N) is 1. The van der Waals surface area contributed by atoms with Crippen LogP contribution in [0.15, 0.2) is 36.4 Å². The van der Waals surface area contributed by atoms with Crippen LogP contribution in [-0.4, -0.2) is 25.9 Å². The SMILES string of the molecule is O=C1N(CCCC2CC2)c2ccccc2C12COc1cc3c(cc12)OCO3. The molecule has 2 aromatic rings. The van der Waals surface area contributed by atoms with Gasteiger partial charge >= 0.3 is 0 Å². The molecule has 4 aliphatic rings. The van der Waals surface area contributed by atoms with Crippen molar-refractivity contribution in [2.45, 2.75) is 31.1 Å². The zero-order valence-electron chi connectivity index (χ0n) is 15.1. The molecule has 1 amide bonds. The Morgan fingerprint density at radius 1 is 1.00 bits per heavy atom. The van der Waals surface area contributed by atoms with E-state index in [4.69, 9.17) is 14.2 Å². The van der Waals surface area contributed by atoms with Crippen LogP contribution in [0, 0.1) is 5.92 Å². The van der Waals surface area contributed by atoms with Gasteiger partial charge in [-0.05, 0) is 36.5 Å². The summed E-state index contributed by atoms with van der Waals surface area (Å²) >= 11 is 0. The first-order valence-corrected chi connectivity index (χ1v) is 9.76. The first-order chi connectivity index (χ1) is 13.3. The normalized spacial score (nSPS) is 24.3. The van der Waals surface area contributed by atoms with E-state index in [-0.39, 0.29) is 12.7 Å². The van der Waals surface area contributed by atoms with Gasteiger partial charge in [0, 0.05) is 23.9 Å². The topological polar surface area (TPSA) is 48.0 Å². The second-order valence-electron chi connectivity index (χ2n) is 7.96. The minimum absolute atomic E-state index is 0.122. The van der Waals surface area contributed by atoms with Crippen LogP contribution in [0.1, 0.15) is 36.8 Å². The van der Waals surface area contributed by atoms with Crippen LogP contribution in [0.2, 0.25) is 0 Å². The number of hydrogen-bond acceptors (Lipinski definition) is 4. The highest BCUT2D eigenvalue weighted by Gasteiger charge is 2.57. The molecule has 1 fully saturated rings. The van der Waals surface area contributed by atoms with E-state index < -0.39 is 5.41 Å². The maximum absolute atomic E-state index is 13.7. The fourth-order valence-corrected chi connectivity index (χ4v) is 4.73. The molecular weight excluding hydrogens is 342 g/mol. The molecule has 0 N–H and O–H groups in total. The van der Waals surface area contributed by atoms with Gasteiger partial charge in [-0.15, -0.1) is 0 Å². The van der Waals surface area contributed by atoms with Crippen molar-refractivity contribution in [3.05, 3.63) is 47.5 Å². The highest BCUT2D eigenvalue weighted by Crippen LogP contribution is 2.55. The quantitative estimate of drug-likeness (QED) is 0.832. The molecule has 0 aromatic heterocycles. The Kier molecular flexibility index (Phi) is 3.08. The molecule has 6 rings (SSSR count). The summed E-state index contributed by atoms with van der Waals surface area (Å²) in [6.07, 6.45) is 4.96. The minimum atomic E-state index is -0.771. The number of fused-ring (bicyclic) bond motifs is 5. The molecule has 138 valence electrons. The van der Waals surface area contributed by atoms with E-state index in [1.807, 2.05) is 29.2 Å². The summed E-state index contributed by atoms with van der Waals surface area (Å²) in [7, 11) is 0. The fourth-order valence-electron chi connectivity index (χ4n) is 4.73. The number of para-hydroxylation sites is 1. The third-order valence-corrected chi connectivity index (χ3v) is 6.33. The molecule has 5 nitrogen and oxygen atoms in total. The summed E-state index contributed by atoms with van der Waals surface area (Å²) in [6, 6.07) is 11.9. The first-order valence-electron chi connectivity index (χ1n) is 9.76. The summed E-state index contributed by atoms with van der Waals surface area (Å²) in [6.45, 7) is 1.32. The van der Waals surface area contributed by atoms with Crippen molar-refractivity contribution in [3.8, 4) is 17.2 Å². The molecular formula is C22H21NO4. The number of ether oxygens (including phenoxy) is 3. The Hall–Kier alpha value is -2.69. The van der Waals surface area contributed by atoms with Gasteiger partial charge in [0.05, 0.1) is 0 Å². The number of carbonyl (C=O) groups is 1. The Labute approximate surface area is 157 Å². The second kappa shape index (κ2) is 5.41. The van der Waals surface area contributed by atoms with Gasteiger partial charge in [0.2, 0.25) is 12.7 Å². The summed E-state index contributed by atoms with van der Waals surface area (Å²) in [5.41, 5.74) is 2.19. The van der Waals surface area contributed by atoms with Crippen LogP contribution in [0.5, 0.6) is 17.2 Å². The zero-order valence-corrected chi connectivity index (χ0v) is 15.1. The maximum Gasteiger partial charge on any atom is 0.245 e. The van der Waals surface area contributed by atoms with Crippen LogP contribution >= 0.6 is 0 Å². The van der Waals surface area contributed by atoms with Gasteiger partial charge in [-0.2, -0.15) is 0 Å². The standard InChI is InChI=1S/C22H21NO4/c24-21-22(12-25-18-11-20-19(10-16(18)22)26-13-27-20)15-5-1-2-6-17(15)23(21)9-3-4-14-7-8-14/h1-2,5-6,10-11,14H,3-4,7-9,12-13H2. The van der Waals surface area contributed by atoms with Crippen molar-refractivity contribution in [2.24, 2.45) is 5.92 Å². The highest BCUT2D eigenvalue weighted by atomic mass is 16.7. The second-order valence-corrected chi connectivity index (χ2v) is 7.96. The van der Waals surface area contributed by atoms with Gasteiger partial charge in [-0.25, -0.2) is 0 Å². The van der Waals surface area contributed by atoms with Crippen LogP contribution in [0.25, 0.3) is 0 Å². The molecule has 1 aliphatic carbocycles. The van der Waals surface area contributed by atoms with Crippen molar-refractivity contribution in [1.29, 1.82) is 0 Å². The van der Waals surface area contributed by atoms with Crippen LogP contribution in [-0.2, 0) is 10.2 Å². The van der Waals surface area contributed by atoms with E-state index in [0.717, 1.165) is 41.4 Å². The van der Waals surface area contributed by atoms with Gasteiger partial charge in [-0.1, -0.05) is 31.0 Å². The van der Waals surface area contributed by atoms with Crippen LogP contribution in [0.4, 0.5) is 5.69 Å². The molecule has 1 spiro atoms. The van der Waals surface area contributed by atoms with Gasteiger partial charge in [0.1, 0.15) is 17.8 Å². The average molecular weight is 363 g/mol. The van der Waals surface area contributed by atoms with Gasteiger partial charge in [0.25, 0.3) is 0 Å². The van der Waals surface area contributed by atoms with Crippen molar-refractivity contribution >= 4 is 11.6 Å². The summed E-state index contributed by atoms with van der Waals surface area (Å²) in [4.78, 5) is 15.7. The molecule has 1 unspecified atom stereocenters. The van der Waals surface area contributed by atoms with Crippen LogP contribution in [0.3, 0.4) is 0 Å². The lowest BCUT2D eigenvalue weighted by atomic mass is 9.77. The predicted molar refractivity (Wildman–Crippen MR) is 99.6 cm³/mol. The number of hydrogen-bond donors (Lipinski definition) is 0. The van der Waals surface area contributed by atoms with Crippen LogP contribution < -0.4 is 19.1 Å². The highest BCUT2D eigenvalue weighted by molar-refractivity contribution is 6.11. The molecule has 27 heavy (non-hydrogen) atoms. The number of amides is 1. The molecule has 2 aromatic carbocycles. The lowest BCUT2D eigenvalue weighted by Gasteiger charge is -2.23. The van der Waals surface area contributed by atoms with E-state index in [2.05, 4.69) is 12.1 Å². The Bertz CT molecular complexity index is 951. The average Bonchev–Trinajstić information content (AvgIpc) is 3.19. The summed E-state index contributed by atoms with van der Waals surface area (Å²) in [5, 5.41) is 0. The summed E-state index contributed by atoms with van der Waals surface area (Å²) in [5.74, 6) is 3.10. The molecule has 1 atom stereocenters. The number of rotatable bonds is 4. The smallest absolute Gasteiger partial charge is 0.245 e. The monoisotopic (exact) mass is 363 g/mol. The first kappa shape index (κ1) is 15.4. The minimum Gasteiger partial charge on any atom is -0.491 e. The zero-order chi connectivity index (χ0) is 18.0. The van der Waals surface area contributed by atoms with Gasteiger partial charge in [-0.3, -0.25) is 4.79 Å².